The number of hydrogen-bond donors (Lipinski definition) is 3. The summed E-state index contributed by atoms with van der Waals surface area (Å²) in [5, 5.41) is 22.3. The summed E-state index contributed by atoms with van der Waals surface area (Å²) in [4.78, 5) is 51.9. The summed E-state index contributed by atoms with van der Waals surface area (Å²) in [5.41, 5.74) is 0.999. The van der Waals surface area contributed by atoms with Crippen LogP contribution in [0.25, 0.3) is 0 Å². The molecule has 9 nitrogen and oxygen atoms in total. The van der Waals surface area contributed by atoms with E-state index < -0.39 is 36.0 Å². The number of amides is 2. The molecule has 32 heavy (non-hydrogen) atoms. The number of aliphatic carboxylic acids is 2. The molecule has 0 unspecified atom stereocenters. The van der Waals surface area contributed by atoms with Crippen molar-refractivity contribution in [1.82, 2.24) is 15.1 Å². The second-order valence-corrected chi connectivity index (χ2v) is 8.72. The number of nitrogens with zero attached hydrogens (tertiary/aromatic N) is 2. The molecular formula is C23H31N3O6. The average Bonchev–Trinajstić information content (AvgIpc) is 3.15. The number of benzene rings is 1. The van der Waals surface area contributed by atoms with E-state index in [9.17, 15) is 29.4 Å². The molecule has 1 aromatic carbocycles. The van der Waals surface area contributed by atoms with Gasteiger partial charge in [0.2, 0.25) is 11.8 Å². The molecule has 174 valence electrons. The smallest absolute Gasteiger partial charge is 0.326 e. The zero-order chi connectivity index (χ0) is 23.4. The molecule has 0 saturated carbocycles. The van der Waals surface area contributed by atoms with Gasteiger partial charge in [-0.2, -0.15) is 0 Å². The third-order valence-electron chi connectivity index (χ3n) is 6.61. The van der Waals surface area contributed by atoms with Crippen molar-refractivity contribution in [3.05, 3.63) is 35.9 Å². The van der Waals surface area contributed by atoms with E-state index >= 15 is 0 Å². The molecule has 9 heteroatoms. The second kappa shape index (κ2) is 10.1. The summed E-state index contributed by atoms with van der Waals surface area (Å²) < 4.78 is 0. The Bertz CT molecular complexity index is 861. The lowest BCUT2D eigenvalue weighted by Gasteiger charge is -2.39. The van der Waals surface area contributed by atoms with E-state index in [1.165, 1.54) is 11.8 Å². The number of piperidine rings is 1. The first-order valence-corrected chi connectivity index (χ1v) is 11.0. The van der Waals surface area contributed by atoms with E-state index in [-0.39, 0.29) is 17.9 Å². The maximum Gasteiger partial charge on any atom is 0.326 e. The largest absolute Gasteiger partial charge is 0.480 e. The van der Waals surface area contributed by atoms with E-state index in [4.69, 9.17) is 0 Å². The average molecular weight is 446 g/mol. The van der Waals surface area contributed by atoms with E-state index in [1.807, 2.05) is 30.3 Å². The molecule has 0 bridgehead atoms. The van der Waals surface area contributed by atoms with Gasteiger partial charge in [0, 0.05) is 20.0 Å². The van der Waals surface area contributed by atoms with Crippen molar-refractivity contribution in [2.75, 3.05) is 13.1 Å². The van der Waals surface area contributed by atoms with Crippen LogP contribution < -0.4 is 5.32 Å². The minimum absolute atomic E-state index is 0.0104. The third-order valence-corrected chi connectivity index (χ3v) is 6.61. The van der Waals surface area contributed by atoms with Crippen LogP contribution in [0.15, 0.2) is 30.3 Å². The Kier molecular flexibility index (Phi) is 7.50. The predicted octanol–water partition coefficient (Wildman–Crippen LogP) is 0.973. The van der Waals surface area contributed by atoms with Crippen LogP contribution in [0.2, 0.25) is 0 Å². The van der Waals surface area contributed by atoms with Gasteiger partial charge >= 0.3 is 11.9 Å². The highest BCUT2D eigenvalue weighted by molar-refractivity contribution is 5.88. The van der Waals surface area contributed by atoms with Gasteiger partial charge in [-0.1, -0.05) is 30.3 Å². The van der Waals surface area contributed by atoms with Crippen LogP contribution in [-0.2, 0) is 25.6 Å². The highest BCUT2D eigenvalue weighted by Gasteiger charge is 2.50. The molecule has 0 aromatic heterocycles. The van der Waals surface area contributed by atoms with E-state index in [2.05, 4.69) is 5.32 Å². The van der Waals surface area contributed by atoms with Gasteiger partial charge in [0.05, 0.1) is 12.1 Å². The van der Waals surface area contributed by atoms with Crippen LogP contribution in [-0.4, -0.2) is 81.0 Å². The van der Waals surface area contributed by atoms with Crippen molar-refractivity contribution in [3.63, 3.8) is 0 Å². The first-order chi connectivity index (χ1) is 15.2. The molecule has 2 aliphatic heterocycles. The molecule has 2 aliphatic rings. The Hall–Kier alpha value is -2.94. The number of carboxylic acids is 2. The maximum absolute atomic E-state index is 13.3. The van der Waals surface area contributed by atoms with Crippen molar-refractivity contribution in [3.8, 4) is 0 Å². The van der Waals surface area contributed by atoms with Crippen LogP contribution in [0.1, 0.15) is 38.7 Å². The maximum atomic E-state index is 13.3. The molecule has 2 fully saturated rings. The number of rotatable bonds is 8. The van der Waals surface area contributed by atoms with Crippen LogP contribution >= 0.6 is 0 Å². The van der Waals surface area contributed by atoms with Crippen LogP contribution in [0, 0.1) is 5.92 Å². The number of fused-ring (bicyclic) bond motifs is 1. The minimum Gasteiger partial charge on any atom is -0.480 e. The van der Waals surface area contributed by atoms with Crippen molar-refractivity contribution >= 4 is 23.8 Å². The van der Waals surface area contributed by atoms with Crippen molar-refractivity contribution in [1.29, 1.82) is 0 Å². The Morgan fingerprint density at radius 2 is 1.84 bits per heavy atom. The monoisotopic (exact) mass is 445 g/mol. The Balaban J connectivity index is 1.71. The van der Waals surface area contributed by atoms with Crippen LogP contribution in [0.3, 0.4) is 0 Å². The van der Waals surface area contributed by atoms with Crippen molar-refractivity contribution in [2.24, 2.45) is 5.92 Å². The van der Waals surface area contributed by atoms with Crippen molar-refractivity contribution < 1.29 is 29.4 Å². The highest BCUT2D eigenvalue weighted by Crippen LogP contribution is 2.36. The Labute approximate surface area is 187 Å². The topological polar surface area (TPSA) is 127 Å². The summed E-state index contributed by atoms with van der Waals surface area (Å²) >= 11 is 0. The predicted molar refractivity (Wildman–Crippen MR) is 116 cm³/mol. The van der Waals surface area contributed by atoms with Crippen LogP contribution in [0.4, 0.5) is 0 Å². The standard InChI is InChI=1S/C23H31N3O6/c1-14(24-18(22(29)30)9-8-16-6-4-3-5-7-16)21(28)26-19(23(31)32)12-17-10-11-25(15(2)27)13-20(17)26/h3-7,14,17-20,24H,8-13H2,1-2H3,(H,29,30)(H,31,32)/t14-,17+,18-,19+,20-/m0/s1. The van der Waals surface area contributed by atoms with Gasteiger partial charge < -0.3 is 20.0 Å². The first kappa shape index (κ1) is 23.7. The number of nitrogens with one attached hydrogen (secondary N) is 1. The summed E-state index contributed by atoms with van der Waals surface area (Å²) in [6, 6.07) is 6.32. The lowest BCUT2D eigenvalue weighted by molar-refractivity contribution is -0.152. The van der Waals surface area contributed by atoms with Crippen LogP contribution in [0.5, 0.6) is 0 Å². The fraction of sp³-hybridized carbons (Fsp3) is 0.565. The Morgan fingerprint density at radius 3 is 2.44 bits per heavy atom. The number of carbonyl (C=O) groups is 4. The van der Waals surface area contributed by atoms with E-state index in [0.29, 0.717) is 38.8 Å². The molecule has 1 aromatic rings. The lowest BCUT2D eigenvalue weighted by Crippen LogP contribution is -2.58. The zero-order valence-electron chi connectivity index (χ0n) is 18.4. The van der Waals surface area contributed by atoms with Gasteiger partial charge in [-0.15, -0.1) is 0 Å². The molecule has 0 aliphatic carbocycles. The number of hydrogen-bond acceptors (Lipinski definition) is 5. The highest BCUT2D eigenvalue weighted by atomic mass is 16.4. The Morgan fingerprint density at radius 1 is 1.16 bits per heavy atom. The molecular weight excluding hydrogens is 414 g/mol. The van der Waals surface area contributed by atoms with E-state index in [0.717, 1.165) is 5.56 Å². The first-order valence-electron chi connectivity index (χ1n) is 11.0. The van der Waals surface area contributed by atoms with Gasteiger partial charge in [-0.25, -0.2) is 4.79 Å². The summed E-state index contributed by atoms with van der Waals surface area (Å²) in [6.45, 7) is 3.89. The number of aryl methyl sites for hydroxylation is 1. The normalized spacial score (nSPS) is 24.5. The summed E-state index contributed by atoms with van der Waals surface area (Å²) in [7, 11) is 0. The molecule has 3 rings (SSSR count). The second-order valence-electron chi connectivity index (χ2n) is 8.72. The van der Waals surface area contributed by atoms with Gasteiger partial charge in [0.25, 0.3) is 0 Å². The quantitative estimate of drug-likeness (QED) is 0.544. The number of likely N-dealkylation sites (tertiary alicyclic amines) is 2. The molecule has 2 saturated heterocycles. The molecule has 5 atom stereocenters. The van der Waals surface area contributed by atoms with Gasteiger partial charge in [-0.3, -0.25) is 19.7 Å². The molecule has 3 N–H and O–H groups in total. The fourth-order valence-electron chi connectivity index (χ4n) is 4.85. The SMILES string of the molecule is CC(=O)N1CC[C@@H]2C[C@H](C(=O)O)N(C(=O)[C@H](C)N[C@@H](CCc3ccccc3)C(=O)O)[C@H]2C1. The van der Waals surface area contributed by atoms with Crippen molar-refractivity contribution in [2.45, 2.75) is 63.7 Å². The third kappa shape index (κ3) is 5.27. The van der Waals surface area contributed by atoms with E-state index in [1.54, 1.807) is 11.8 Å². The molecule has 2 heterocycles. The molecule has 0 radical (unpaired) electrons. The minimum atomic E-state index is -1.08. The van der Waals surface area contributed by atoms with Gasteiger partial charge in [0.15, 0.2) is 0 Å². The fourth-order valence-corrected chi connectivity index (χ4v) is 4.85. The lowest BCUT2D eigenvalue weighted by atomic mass is 9.91. The molecule has 0 spiro atoms. The number of carboxylic acid groups (broad SMARTS) is 2. The summed E-state index contributed by atoms with van der Waals surface area (Å²) in [5.74, 6) is -2.67. The summed E-state index contributed by atoms with van der Waals surface area (Å²) in [6.07, 6.45) is 1.82. The number of carbonyl (C=O) groups excluding carboxylic acids is 2. The van der Waals surface area contributed by atoms with Gasteiger partial charge in [0.1, 0.15) is 12.1 Å². The zero-order valence-corrected chi connectivity index (χ0v) is 18.4. The molecule has 2 amide bonds. The van der Waals surface area contributed by atoms with Gasteiger partial charge in [-0.05, 0) is 44.1 Å².